The van der Waals surface area contributed by atoms with Crippen molar-refractivity contribution in [1.29, 1.82) is 0 Å². The summed E-state index contributed by atoms with van der Waals surface area (Å²) in [5, 5.41) is 6.17. The van der Waals surface area contributed by atoms with E-state index in [2.05, 4.69) is 15.6 Å². The van der Waals surface area contributed by atoms with Crippen molar-refractivity contribution in [2.75, 3.05) is 25.0 Å². The highest BCUT2D eigenvalue weighted by atomic mass is 32.2. The summed E-state index contributed by atoms with van der Waals surface area (Å²) in [7, 11) is 0. The Balaban J connectivity index is 1.23. The lowest BCUT2D eigenvalue weighted by Gasteiger charge is -2.35. The van der Waals surface area contributed by atoms with Gasteiger partial charge in [0.25, 0.3) is 0 Å². The number of hydrogen-bond acceptors (Lipinski definition) is 6. The van der Waals surface area contributed by atoms with Crippen molar-refractivity contribution in [2.45, 2.75) is 42.1 Å². The van der Waals surface area contributed by atoms with Gasteiger partial charge in [-0.25, -0.2) is 9.78 Å². The van der Waals surface area contributed by atoms with Crippen LogP contribution in [0.25, 0.3) is 0 Å². The summed E-state index contributed by atoms with van der Waals surface area (Å²) in [4.78, 5) is 34.5. The van der Waals surface area contributed by atoms with E-state index in [9.17, 15) is 9.59 Å². The minimum atomic E-state index is -2.19. The molecule has 0 bridgehead atoms. The first kappa shape index (κ1) is 20.5. The van der Waals surface area contributed by atoms with E-state index in [4.69, 9.17) is 8.85 Å². The molecule has 1 fully saturated rings. The number of likely N-dealkylation sites (N-methyl/N-ethyl adjacent to an activating group) is 1. The third-order valence-corrected chi connectivity index (χ3v) is 8.21. The second-order valence-corrected chi connectivity index (χ2v) is 10.6. The smallest absolute Gasteiger partial charge is 0.327 e. The molecule has 3 aliphatic rings. The first-order valence-electron chi connectivity index (χ1n) is 13.8. The maximum atomic E-state index is 13.5. The molecule has 9 heteroatoms. The van der Waals surface area contributed by atoms with Crippen LogP contribution in [0.3, 0.4) is 0 Å². The molecule has 3 atom stereocenters. The number of rotatable bonds is 5. The third-order valence-electron chi connectivity index (χ3n) is 6.92. The van der Waals surface area contributed by atoms with E-state index in [0.717, 1.165) is 16.9 Å². The van der Waals surface area contributed by atoms with Crippen LogP contribution < -0.4 is 20.3 Å². The summed E-state index contributed by atoms with van der Waals surface area (Å²) in [5.41, 5.74) is 3.05. The van der Waals surface area contributed by atoms with Crippen LogP contribution in [0.2, 0.25) is 0 Å². The Kier molecular flexibility index (Phi) is 5.38. The molecular weight excluding hydrogens is 486 g/mol. The van der Waals surface area contributed by atoms with Crippen molar-refractivity contribution >= 4 is 35.1 Å². The molecule has 2 aromatic carbocycles. The zero-order valence-corrected chi connectivity index (χ0v) is 21.1. The molecule has 3 amide bonds. The van der Waals surface area contributed by atoms with E-state index in [1.54, 1.807) is 17.2 Å². The number of benzene rings is 2. The molecule has 6 rings (SSSR count). The maximum Gasteiger partial charge on any atom is 0.327 e. The van der Waals surface area contributed by atoms with Gasteiger partial charge in [-0.05, 0) is 75.2 Å². The van der Waals surface area contributed by atoms with Gasteiger partial charge in [0.05, 0.1) is 17.4 Å². The summed E-state index contributed by atoms with van der Waals surface area (Å²) in [6.45, 7) is 0.480. The average molecular weight is 519 g/mol. The zero-order chi connectivity index (χ0) is 28.0. The number of likely N-dealkylation sites (tertiary alicyclic amines) is 1. The molecule has 1 aromatic heterocycles. The second kappa shape index (κ2) is 9.72. The van der Waals surface area contributed by atoms with Gasteiger partial charge in [-0.2, -0.15) is 0 Å². The van der Waals surface area contributed by atoms with Gasteiger partial charge < -0.3 is 20.3 Å². The molecule has 1 saturated heterocycles. The second-order valence-electron chi connectivity index (χ2n) is 9.51. The lowest BCUT2D eigenvalue weighted by molar-refractivity contribution is -0.122. The monoisotopic (exact) mass is 518 g/mol. The number of nitrogens with zero attached hydrogens (tertiary/aromatic N) is 3. The first-order valence-corrected chi connectivity index (χ1v) is 13.2. The summed E-state index contributed by atoms with van der Waals surface area (Å²) in [6.07, 6.45) is 3.05. The molecule has 0 saturated carbocycles. The summed E-state index contributed by atoms with van der Waals surface area (Å²) in [6, 6.07) is 15.7. The van der Waals surface area contributed by atoms with Crippen LogP contribution in [0.4, 0.5) is 16.2 Å². The van der Waals surface area contributed by atoms with Crippen LogP contribution in [0.1, 0.15) is 34.1 Å². The van der Waals surface area contributed by atoms with Crippen molar-refractivity contribution in [2.24, 2.45) is 0 Å². The predicted molar refractivity (Wildman–Crippen MR) is 144 cm³/mol. The van der Waals surface area contributed by atoms with E-state index in [1.165, 1.54) is 16.7 Å². The van der Waals surface area contributed by atoms with Crippen LogP contribution in [0.5, 0.6) is 11.5 Å². The normalized spacial score (nSPS) is 24.4. The van der Waals surface area contributed by atoms with Crippen molar-refractivity contribution < 1.29 is 18.4 Å². The summed E-state index contributed by atoms with van der Waals surface area (Å²) in [5.74, 6) is 1.15. The molecule has 37 heavy (non-hydrogen) atoms. The number of aryl methyl sites for hydroxylation is 1. The third kappa shape index (κ3) is 4.53. The standard InChI is InChI=1S/C28H29N5O3S/c1-17-15-20(36-19-8-4-3-5-9-19)10-11-21(17)33-22-12-13-29-27-23(22)24(31-28(33)35)25(37-27)26(34)30-18-7-6-14-32(2)16-18/h3-5,8-13,15,18,24-25H,6-7,14,16H2,1-2H3,(H,30,34)(H,31,35)/t18?,24?,25-/m1/s1/i2D3. The van der Waals surface area contributed by atoms with Crippen LogP contribution in [-0.2, 0) is 4.79 Å². The molecule has 2 unspecified atom stereocenters. The molecule has 3 aromatic rings. The van der Waals surface area contributed by atoms with Gasteiger partial charge in [-0.1, -0.05) is 30.0 Å². The van der Waals surface area contributed by atoms with E-state index in [1.807, 2.05) is 55.5 Å². The van der Waals surface area contributed by atoms with Gasteiger partial charge in [-0.3, -0.25) is 9.69 Å². The fraction of sp³-hybridized carbons (Fsp3) is 0.321. The SMILES string of the molecule is [2H]C([2H])([2H])N1CCCC(NC(=O)[C@@H]2Sc3nccc4c3C2NC(=O)N4c2ccc(Oc3ccccc3)cc2C)C1. The molecule has 190 valence electrons. The number of urea groups is 1. The van der Waals surface area contributed by atoms with Gasteiger partial charge in [0.2, 0.25) is 5.91 Å². The van der Waals surface area contributed by atoms with Crippen molar-refractivity contribution in [3.05, 3.63) is 71.9 Å². The quantitative estimate of drug-likeness (QED) is 0.506. The molecule has 4 heterocycles. The van der Waals surface area contributed by atoms with E-state index >= 15 is 0 Å². The van der Waals surface area contributed by atoms with Gasteiger partial charge in [-0.15, -0.1) is 0 Å². The van der Waals surface area contributed by atoms with Gasteiger partial charge in [0, 0.05) is 28.5 Å². The molecule has 8 nitrogen and oxygen atoms in total. The number of piperidine rings is 1. The van der Waals surface area contributed by atoms with Gasteiger partial charge in [0.15, 0.2) is 0 Å². The zero-order valence-electron chi connectivity index (χ0n) is 23.3. The fourth-order valence-electron chi connectivity index (χ4n) is 5.21. The number of anilines is 2. The number of aromatic nitrogens is 1. The highest BCUT2D eigenvalue weighted by Gasteiger charge is 2.47. The maximum absolute atomic E-state index is 13.5. The van der Waals surface area contributed by atoms with Crippen LogP contribution in [0.15, 0.2) is 65.8 Å². The largest absolute Gasteiger partial charge is 0.457 e. The molecule has 0 spiro atoms. The van der Waals surface area contributed by atoms with Crippen LogP contribution in [-0.4, -0.2) is 53.2 Å². The van der Waals surface area contributed by atoms with Crippen LogP contribution in [0, 0.1) is 6.92 Å². The number of para-hydroxylation sites is 1. The van der Waals surface area contributed by atoms with E-state index in [0.29, 0.717) is 41.5 Å². The summed E-state index contributed by atoms with van der Waals surface area (Å²) < 4.78 is 29.1. The highest BCUT2D eigenvalue weighted by molar-refractivity contribution is 8.01. The lowest BCUT2D eigenvalue weighted by atomic mass is 9.98. The molecular formula is C28H29N5O3S. The predicted octanol–water partition coefficient (Wildman–Crippen LogP) is 4.77. The number of carbonyl (C=O) groups excluding carboxylic acids is 2. The molecule has 0 radical (unpaired) electrons. The van der Waals surface area contributed by atoms with Gasteiger partial charge in [0.1, 0.15) is 21.8 Å². The first-order chi connectivity index (χ1) is 19.2. The minimum Gasteiger partial charge on any atom is -0.457 e. The van der Waals surface area contributed by atoms with E-state index in [-0.39, 0.29) is 24.5 Å². The van der Waals surface area contributed by atoms with Crippen molar-refractivity contribution in [1.82, 2.24) is 20.5 Å². The Morgan fingerprint density at radius 2 is 2.05 bits per heavy atom. The fourth-order valence-corrected chi connectivity index (χ4v) is 6.45. The Morgan fingerprint density at radius 1 is 1.19 bits per heavy atom. The number of thioether (sulfide) groups is 1. The summed E-state index contributed by atoms with van der Waals surface area (Å²) >= 11 is 1.32. The van der Waals surface area contributed by atoms with Crippen LogP contribution >= 0.6 is 11.8 Å². The Hall–Kier alpha value is -3.56. The average Bonchev–Trinajstić information content (AvgIpc) is 3.29. The number of hydrogen-bond donors (Lipinski definition) is 2. The Labute approximate surface area is 224 Å². The van der Waals surface area contributed by atoms with Crippen molar-refractivity contribution in [3.8, 4) is 11.5 Å². The van der Waals surface area contributed by atoms with Gasteiger partial charge >= 0.3 is 6.03 Å². The van der Waals surface area contributed by atoms with E-state index < -0.39 is 18.3 Å². The minimum absolute atomic E-state index is 0.233. The highest BCUT2D eigenvalue weighted by Crippen LogP contribution is 2.51. The Bertz CT molecular complexity index is 1450. The number of nitrogens with one attached hydrogen (secondary N) is 2. The number of carbonyl (C=O) groups is 2. The topological polar surface area (TPSA) is 86.8 Å². The number of ether oxygens (including phenoxy) is 1. The Morgan fingerprint density at radius 3 is 2.86 bits per heavy atom. The molecule has 2 N–H and O–H groups in total. The molecule has 0 aliphatic carbocycles. The number of amides is 3. The number of pyridine rings is 1. The van der Waals surface area contributed by atoms with Crippen molar-refractivity contribution in [3.63, 3.8) is 0 Å². The lowest BCUT2D eigenvalue weighted by Crippen LogP contribution is -2.52. The molecule has 3 aliphatic heterocycles.